The van der Waals surface area contributed by atoms with E-state index in [0.717, 1.165) is 45.1 Å². The summed E-state index contributed by atoms with van der Waals surface area (Å²) in [4.78, 5) is 11.1. The predicted molar refractivity (Wildman–Crippen MR) is 78.0 cm³/mol. The van der Waals surface area contributed by atoms with Crippen molar-refractivity contribution in [3.05, 3.63) is 0 Å². The van der Waals surface area contributed by atoms with Crippen LogP contribution in [-0.2, 0) is 18.9 Å². The lowest BCUT2D eigenvalue weighted by atomic mass is 10.3. The average Bonchev–Trinajstić information content (AvgIpc) is 2.45. The zero-order valence-electron chi connectivity index (χ0n) is 13.0. The number of unbranched alkanes of at least 4 members (excludes halogenated alkanes) is 3. The Morgan fingerprint density at radius 2 is 1.10 bits per heavy atom. The number of hydrogen-bond donors (Lipinski definition) is 0. The van der Waals surface area contributed by atoms with Gasteiger partial charge in [0.2, 0.25) is 0 Å². The fourth-order valence-corrected chi connectivity index (χ4v) is 1.37. The summed E-state index contributed by atoms with van der Waals surface area (Å²) in [5.41, 5.74) is 0. The van der Waals surface area contributed by atoms with Crippen LogP contribution < -0.4 is 0 Å². The zero-order chi connectivity index (χ0) is 14.9. The molecule has 0 fully saturated rings. The van der Waals surface area contributed by atoms with E-state index in [4.69, 9.17) is 18.9 Å². The highest BCUT2D eigenvalue weighted by molar-refractivity contribution is 5.59. The number of carbonyl (C=O) groups excluding carboxylic acids is 1. The van der Waals surface area contributed by atoms with Crippen molar-refractivity contribution >= 4 is 6.16 Å². The summed E-state index contributed by atoms with van der Waals surface area (Å²) in [6.45, 7) is 7.78. The molecule has 0 bridgehead atoms. The van der Waals surface area contributed by atoms with Crippen molar-refractivity contribution < 1.29 is 23.7 Å². The normalized spacial score (nSPS) is 10.5. The minimum atomic E-state index is -0.566. The van der Waals surface area contributed by atoms with Gasteiger partial charge < -0.3 is 18.9 Å². The van der Waals surface area contributed by atoms with Gasteiger partial charge in [-0.05, 0) is 25.7 Å². The molecular weight excluding hydrogens is 260 g/mol. The van der Waals surface area contributed by atoms with Crippen LogP contribution in [0.2, 0.25) is 0 Å². The molecule has 0 N–H and O–H groups in total. The fraction of sp³-hybridized carbons (Fsp3) is 0.933. The van der Waals surface area contributed by atoms with Crippen LogP contribution >= 0.6 is 0 Å². The standard InChI is InChI=1S/C15H30O5/c1-3-5-9-17-13-14-18-10-7-8-12-20-15(16)19-11-6-4-2/h3-14H2,1-2H3. The second-order valence-corrected chi connectivity index (χ2v) is 4.59. The second kappa shape index (κ2) is 16.2. The molecule has 0 spiro atoms. The Morgan fingerprint density at radius 3 is 1.70 bits per heavy atom. The van der Waals surface area contributed by atoms with Gasteiger partial charge >= 0.3 is 6.16 Å². The van der Waals surface area contributed by atoms with E-state index in [1.807, 2.05) is 6.92 Å². The molecule has 0 aliphatic rings. The molecule has 20 heavy (non-hydrogen) atoms. The molecule has 0 aliphatic heterocycles. The Balaban J connectivity index is 3.07. The molecule has 0 aromatic rings. The van der Waals surface area contributed by atoms with E-state index >= 15 is 0 Å². The van der Waals surface area contributed by atoms with Gasteiger partial charge in [0.15, 0.2) is 0 Å². The maximum atomic E-state index is 11.1. The smallest absolute Gasteiger partial charge is 0.434 e. The first kappa shape index (κ1) is 19.2. The van der Waals surface area contributed by atoms with Gasteiger partial charge in [0.25, 0.3) is 0 Å². The third-order valence-electron chi connectivity index (χ3n) is 2.63. The van der Waals surface area contributed by atoms with Crippen LogP contribution in [0.5, 0.6) is 0 Å². The van der Waals surface area contributed by atoms with Crippen LogP contribution in [0.1, 0.15) is 52.4 Å². The van der Waals surface area contributed by atoms with Crippen LogP contribution in [0.3, 0.4) is 0 Å². The van der Waals surface area contributed by atoms with E-state index in [-0.39, 0.29) is 0 Å². The summed E-state index contributed by atoms with van der Waals surface area (Å²) >= 11 is 0. The van der Waals surface area contributed by atoms with Crippen LogP contribution in [0.15, 0.2) is 0 Å². The van der Waals surface area contributed by atoms with Gasteiger partial charge in [-0.15, -0.1) is 0 Å². The molecule has 0 rings (SSSR count). The quantitative estimate of drug-likeness (QED) is 0.362. The highest BCUT2D eigenvalue weighted by Crippen LogP contribution is 1.96. The third-order valence-corrected chi connectivity index (χ3v) is 2.63. The van der Waals surface area contributed by atoms with Gasteiger partial charge in [-0.25, -0.2) is 4.79 Å². The number of hydrogen-bond acceptors (Lipinski definition) is 5. The third kappa shape index (κ3) is 15.2. The molecule has 0 radical (unpaired) electrons. The van der Waals surface area contributed by atoms with Crippen molar-refractivity contribution in [3.63, 3.8) is 0 Å². The Bertz CT molecular complexity index is 208. The minimum absolute atomic E-state index is 0.390. The zero-order valence-corrected chi connectivity index (χ0v) is 13.0. The molecule has 120 valence electrons. The second-order valence-electron chi connectivity index (χ2n) is 4.59. The van der Waals surface area contributed by atoms with E-state index < -0.39 is 6.16 Å². The summed E-state index contributed by atoms with van der Waals surface area (Å²) in [5.74, 6) is 0. The fourth-order valence-electron chi connectivity index (χ4n) is 1.37. The van der Waals surface area contributed by atoms with Crippen LogP contribution in [0.25, 0.3) is 0 Å². The monoisotopic (exact) mass is 290 g/mol. The van der Waals surface area contributed by atoms with E-state index in [1.54, 1.807) is 0 Å². The van der Waals surface area contributed by atoms with Crippen LogP contribution in [-0.4, -0.2) is 45.8 Å². The van der Waals surface area contributed by atoms with E-state index in [0.29, 0.717) is 33.0 Å². The Hall–Kier alpha value is -0.810. The molecule has 5 nitrogen and oxygen atoms in total. The van der Waals surface area contributed by atoms with Crippen molar-refractivity contribution in [3.8, 4) is 0 Å². The Kier molecular flexibility index (Phi) is 15.6. The SMILES string of the molecule is CCCCOCCOCCCCOC(=O)OCCCC. The topological polar surface area (TPSA) is 54.0 Å². The Labute approximate surface area is 122 Å². The first-order valence-corrected chi connectivity index (χ1v) is 7.76. The highest BCUT2D eigenvalue weighted by Gasteiger charge is 2.02. The van der Waals surface area contributed by atoms with Crippen molar-refractivity contribution in [1.29, 1.82) is 0 Å². The first-order chi connectivity index (χ1) is 9.81. The molecule has 0 amide bonds. The Morgan fingerprint density at radius 1 is 0.650 bits per heavy atom. The predicted octanol–water partition coefficient (Wildman–Crippen LogP) is 3.55. The molecular formula is C15H30O5. The van der Waals surface area contributed by atoms with Gasteiger partial charge in [-0.2, -0.15) is 0 Å². The van der Waals surface area contributed by atoms with Gasteiger partial charge in [0.1, 0.15) is 0 Å². The molecule has 0 heterocycles. The molecule has 0 atom stereocenters. The minimum Gasteiger partial charge on any atom is -0.434 e. The molecule has 0 aliphatic carbocycles. The summed E-state index contributed by atoms with van der Waals surface area (Å²) in [7, 11) is 0. The van der Waals surface area contributed by atoms with Crippen molar-refractivity contribution in [1.82, 2.24) is 0 Å². The maximum Gasteiger partial charge on any atom is 0.508 e. The molecule has 5 heteroatoms. The van der Waals surface area contributed by atoms with E-state index in [2.05, 4.69) is 6.92 Å². The van der Waals surface area contributed by atoms with Gasteiger partial charge in [0.05, 0.1) is 26.4 Å². The van der Waals surface area contributed by atoms with E-state index in [1.165, 1.54) is 0 Å². The van der Waals surface area contributed by atoms with Crippen molar-refractivity contribution in [2.45, 2.75) is 52.4 Å². The highest BCUT2D eigenvalue weighted by atomic mass is 16.7. The molecule has 0 saturated carbocycles. The molecule has 0 aromatic heterocycles. The van der Waals surface area contributed by atoms with Gasteiger partial charge in [0, 0.05) is 13.2 Å². The van der Waals surface area contributed by atoms with Gasteiger partial charge in [-0.1, -0.05) is 26.7 Å². The average molecular weight is 290 g/mol. The summed E-state index contributed by atoms with van der Waals surface area (Å²) < 4.78 is 20.6. The van der Waals surface area contributed by atoms with Crippen molar-refractivity contribution in [2.24, 2.45) is 0 Å². The van der Waals surface area contributed by atoms with Crippen molar-refractivity contribution in [2.75, 3.05) is 39.6 Å². The van der Waals surface area contributed by atoms with Crippen LogP contribution in [0.4, 0.5) is 4.79 Å². The molecule has 0 saturated heterocycles. The molecule has 0 aromatic carbocycles. The van der Waals surface area contributed by atoms with Gasteiger partial charge in [-0.3, -0.25) is 0 Å². The number of ether oxygens (including phenoxy) is 4. The van der Waals surface area contributed by atoms with E-state index in [9.17, 15) is 4.79 Å². The number of rotatable bonds is 14. The lowest BCUT2D eigenvalue weighted by molar-refractivity contribution is 0.0378. The summed E-state index contributed by atoms with van der Waals surface area (Å²) in [6, 6.07) is 0. The number of carbonyl (C=O) groups is 1. The summed E-state index contributed by atoms with van der Waals surface area (Å²) in [6.07, 6.45) is 5.24. The van der Waals surface area contributed by atoms with Crippen LogP contribution in [0, 0.1) is 0 Å². The first-order valence-electron chi connectivity index (χ1n) is 7.76. The lowest BCUT2D eigenvalue weighted by Crippen LogP contribution is -2.10. The lowest BCUT2D eigenvalue weighted by Gasteiger charge is -2.07. The maximum absolute atomic E-state index is 11.1. The largest absolute Gasteiger partial charge is 0.508 e. The summed E-state index contributed by atoms with van der Waals surface area (Å²) in [5, 5.41) is 0. The molecule has 0 unspecified atom stereocenters.